The summed E-state index contributed by atoms with van der Waals surface area (Å²) in [6.07, 6.45) is 20.1. The Kier molecular flexibility index (Phi) is 29.6. The number of ketones is 1. The molecule has 1 aliphatic heterocycles. The predicted molar refractivity (Wildman–Crippen MR) is 221 cm³/mol. The Hall–Kier alpha value is -2.01. The predicted octanol–water partition coefficient (Wildman–Crippen LogP) is 4.89. The molecule has 1 aliphatic rings. The molecule has 0 amide bonds. The Morgan fingerprint density at radius 2 is 0.754 bits per heavy atom. The molecule has 0 aliphatic carbocycles. The summed E-state index contributed by atoms with van der Waals surface area (Å²) in [6.45, 7) is 3.92. The number of aliphatic carboxylic acids is 3. The molecule has 334 valence electrons. The smallest absolute Gasteiger partial charge is 0.472 e. The second-order valence-electron chi connectivity index (χ2n) is 16.7. The first kappa shape index (κ1) is 53.0. The second-order valence-corrected chi connectivity index (χ2v) is 18.2. The Bertz CT molecular complexity index is 1130. The SMILES string of the molecule is C[N+](C)(C)CCOP(=O)(O)OCCCCCCCCCCCCCCCCCCCC(=O)CN1CCN(CC(=O)O)CCN(CC(=O)O)CCN(CC(=O)O)CC1. The molecule has 17 heteroatoms. The van der Waals surface area contributed by atoms with Gasteiger partial charge in [0.05, 0.1) is 53.9 Å². The van der Waals surface area contributed by atoms with Crippen LogP contribution in [-0.2, 0) is 32.8 Å². The molecule has 1 unspecified atom stereocenters. The van der Waals surface area contributed by atoms with Gasteiger partial charge in [0.15, 0.2) is 0 Å². The summed E-state index contributed by atoms with van der Waals surface area (Å²) in [6, 6.07) is 0. The molecule has 0 aromatic rings. The Morgan fingerprint density at radius 3 is 1.07 bits per heavy atom. The molecule has 1 rings (SSSR count). The first-order valence-corrected chi connectivity index (χ1v) is 23.0. The van der Waals surface area contributed by atoms with Crippen LogP contribution in [0, 0.1) is 0 Å². The van der Waals surface area contributed by atoms with E-state index in [0.717, 1.165) is 38.5 Å². The highest BCUT2D eigenvalue weighted by Gasteiger charge is 2.23. The number of unbranched alkanes of at least 4 members (excludes halogenated alkanes) is 16. The molecule has 16 nitrogen and oxygen atoms in total. The van der Waals surface area contributed by atoms with Gasteiger partial charge in [0.25, 0.3) is 0 Å². The molecule has 4 N–H and O–H groups in total. The largest absolute Gasteiger partial charge is 0.480 e. The maximum Gasteiger partial charge on any atom is 0.472 e. The van der Waals surface area contributed by atoms with E-state index in [0.29, 0.717) is 69.8 Å². The highest BCUT2D eigenvalue weighted by atomic mass is 31.2. The first-order valence-electron chi connectivity index (χ1n) is 21.5. The molecule has 0 spiro atoms. The lowest BCUT2D eigenvalue weighted by Gasteiger charge is -2.32. The van der Waals surface area contributed by atoms with Crippen molar-refractivity contribution in [3.05, 3.63) is 0 Å². The van der Waals surface area contributed by atoms with Crippen LogP contribution in [0.25, 0.3) is 0 Å². The lowest BCUT2D eigenvalue weighted by Crippen LogP contribution is -2.49. The lowest BCUT2D eigenvalue weighted by molar-refractivity contribution is -0.870. The van der Waals surface area contributed by atoms with Crippen molar-refractivity contribution >= 4 is 31.5 Å². The van der Waals surface area contributed by atoms with E-state index < -0.39 is 25.7 Å². The number of rotatable bonds is 33. The van der Waals surface area contributed by atoms with Crippen molar-refractivity contribution in [2.24, 2.45) is 0 Å². The molecule has 0 aromatic carbocycles. The number of Topliss-reactive ketones (excluding diaryl/α,β-unsaturated/α-hetero) is 1. The van der Waals surface area contributed by atoms with Crippen molar-refractivity contribution in [3.63, 3.8) is 0 Å². The average Bonchev–Trinajstić information content (AvgIpc) is 3.10. The van der Waals surface area contributed by atoms with Gasteiger partial charge in [0, 0.05) is 58.8 Å². The fraction of sp³-hybridized carbons (Fsp3) is 0.900. The minimum Gasteiger partial charge on any atom is -0.480 e. The summed E-state index contributed by atoms with van der Waals surface area (Å²) >= 11 is 0. The molecule has 1 saturated heterocycles. The number of carboxylic acid groups (broad SMARTS) is 3. The van der Waals surface area contributed by atoms with Crippen LogP contribution in [0.5, 0.6) is 0 Å². The van der Waals surface area contributed by atoms with E-state index in [4.69, 9.17) is 9.05 Å². The molecular weight excluding hydrogens is 757 g/mol. The van der Waals surface area contributed by atoms with Crippen molar-refractivity contribution in [2.75, 3.05) is 119 Å². The standard InChI is InChI=1S/C40H78N5O11P/c1-45(2,3)30-32-56-57(53,54)55-31-20-18-16-14-12-10-8-6-4-5-7-9-11-13-15-17-19-21-37(46)33-41-22-24-42(34-38(47)48)26-28-44(36-40(51)52)29-27-43(25-23-41)35-39(49)50/h4-36H2,1-3H3,(H3-,47,48,49,50,51,52,53,54)/p+1. The summed E-state index contributed by atoms with van der Waals surface area (Å²) < 4.78 is 22.7. The normalized spacial score (nSPS) is 17.1. The minimum atomic E-state index is -3.95. The lowest BCUT2D eigenvalue weighted by atomic mass is 10.0. The summed E-state index contributed by atoms with van der Waals surface area (Å²) in [7, 11) is 2.05. The third kappa shape index (κ3) is 33.5. The zero-order chi connectivity index (χ0) is 42.4. The monoisotopic (exact) mass is 837 g/mol. The number of hydrogen-bond acceptors (Lipinski definition) is 11. The Labute approximate surface area is 343 Å². The first-order chi connectivity index (χ1) is 27.0. The van der Waals surface area contributed by atoms with Crippen LogP contribution in [0.1, 0.15) is 116 Å². The van der Waals surface area contributed by atoms with E-state index >= 15 is 0 Å². The zero-order valence-corrected chi connectivity index (χ0v) is 36.6. The third-order valence-corrected chi connectivity index (χ3v) is 11.3. The maximum absolute atomic E-state index is 13.0. The van der Waals surface area contributed by atoms with Crippen LogP contribution in [0.2, 0.25) is 0 Å². The quantitative estimate of drug-likeness (QED) is 0.0396. The second kappa shape index (κ2) is 31.9. The highest BCUT2D eigenvalue weighted by Crippen LogP contribution is 2.43. The third-order valence-electron chi connectivity index (χ3n) is 10.3. The molecule has 1 heterocycles. The number of quaternary nitrogens is 1. The van der Waals surface area contributed by atoms with E-state index in [2.05, 4.69) is 0 Å². The molecule has 0 aromatic heterocycles. The zero-order valence-electron chi connectivity index (χ0n) is 35.7. The summed E-state index contributed by atoms with van der Waals surface area (Å²) in [5.41, 5.74) is 0. The van der Waals surface area contributed by atoms with Crippen LogP contribution in [-0.4, -0.2) is 187 Å². The van der Waals surface area contributed by atoms with Gasteiger partial charge < -0.3 is 24.7 Å². The Balaban J connectivity index is 2.14. The van der Waals surface area contributed by atoms with Gasteiger partial charge in [-0.3, -0.25) is 47.8 Å². The molecule has 1 fully saturated rings. The van der Waals surface area contributed by atoms with Crippen LogP contribution in [0.4, 0.5) is 0 Å². The van der Waals surface area contributed by atoms with Gasteiger partial charge >= 0.3 is 25.7 Å². The van der Waals surface area contributed by atoms with E-state index in [9.17, 15) is 44.0 Å². The molecule has 0 bridgehead atoms. The van der Waals surface area contributed by atoms with Crippen LogP contribution in [0.15, 0.2) is 0 Å². The number of phosphoric acid groups is 1. The van der Waals surface area contributed by atoms with Gasteiger partial charge in [-0.15, -0.1) is 0 Å². The number of likely N-dealkylation sites (N-methyl/N-ethyl adjacent to an activating group) is 1. The molecule has 57 heavy (non-hydrogen) atoms. The summed E-state index contributed by atoms with van der Waals surface area (Å²) in [5.74, 6) is -2.79. The van der Waals surface area contributed by atoms with Gasteiger partial charge in [-0.1, -0.05) is 96.3 Å². The van der Waals surface area contributed by atoms with Gasteiger partial charge in [-0.05, 0) is 12.8 Å². The molecular formula is C40H79N5O11P+. The number of phosphoric ester groups is 1. The minimum absolute atomic E-state index is 0.139. The number of carbonyl (C=O) groups excluding carboxylic acids is 1. The van der Waals surface area contributed by atoms with Crippen molar-refractivity contribution in [1.29, 1.82) is 0 Å². The maximum atomic E-state index is 13.0. The molecule has 1 atom stereocenters. The Morgan fingerprint density at radius 1 is 0.474 bits per heavy atom. The summed E-state index contributed by atoms with van der Waals surface area (Å²) in [5, 5.41) is 28.2. The van der Waals surface area contributed by atoms with E-state index in [1.54, 1.807) is 14.7 Å². The number of carboxylic acids is 3. The van der Waals surface area contributed by atoms with Crippen LogP contribution < -0.4 is 0 Å². The number of nitrogens with zero attached hydrogens (tertiary/aromatic N) is 5. The van der Waals surface area contributed by atoms with Gasteiger partial charge in [0.2, 0.25) is 0 Å². The van der Waals surface area contributed by atoms with E-state index in [1.165, 1.54) is 70.6 Å². The van der Waals surface area contributed by atoms with Crippen molar-refractivity contribution in [3.8, 4) is 0 Å². The van der Waals surface area contributed by atoms with Crippen LogP contribution in [0.3, 0.4) is 0 Å². The van der Waals surface area contributed by atoms with Crippen molar-refractivity contribution in [1.82, 2.24) is 19.6 Å². The van der Waals surface area contributed by atoms with Gasteiger partial charge in [0.1, 0.15) is 18.9 Å². The topological polar surface area (TPSA) is 198 Å². The van der Waals surface area contributed by atoms with E-state index in [1.807, 2.05) is 26.0 Å². The fourth-order valence-corrected chi connectivity index (χ4v) is 7.58. The summed E-state index contributed by atoms with van der Waals surface area (Å²) in [4.78, 5) is 64.4. The number of carbonyl (C=O) groups is 4. The van der Waals surface area contributed by atoms with Crippen LogP contribution >= 0.6 is 7.82 Å². The number of hydrogen-bond donors (Lipinski definition) is 4. The van der Waals surface area contributed by atoms with Crippen molar-refractivity contribution < 1.29 is 57.5 Å². The van der Waals surface area contributed by atoms with Gasteiger partial charge in [-0.2, -0.15) is 0 Å². The molecule has 0 radical (unpaired) electrons. The molecule has 0 saturated carbocycles. The van der Waals surface area contributed by atoms with Gasteiger partial charge in [-0.25, -0.2) is 4.57 Å². The van der Waals surface area contributed by atoms with E-state index in [-0.39, 0.29) is 45.2 Å². The van der Waals surface area contributed by atoms with Crippen molar-refractivity contribution in [2.45, 2.75) is 116 Å². The fourth-order valence-electron chi connectivity index (χ4n) is 6.84. The average molecular weight is 837 g/mol. The highest BCUT2D eigenvalue weighted by molar-refractivity contribution is 7.47.